The predicted molar refractivity (Wildman–Crippen MR) is 97.6 cm³/mol. The maximum Gasteiger partial charge on any atom is 0.269 e. The lowest BCUT2D eigenvalue weighted by Gasteiger charge is -2.12. The molecule has 0 unspecified atom stereocenters. The van der Waals surface area contributed by atoms with Crippen LogP contribution in [0.4, 0.5) is 11.4 Å². The molecule has 138 valence electrons. The highest BCUT2D eigenvalue weighted by molar-refractivity contribution is 7.92. The number of para-hydroxylation sites is 1. The van der Waals surface area contributed by atoms with Crippen LogP contribution in [0.2, 0.25) is 0 Å². The van der Waals surface area contributed by atoms with Gasteiger partial charge in [0.1, 0.15) is 0 Å². The van der Waals surface area contributed by atoms with E-state index < -0.39 is 14.9 Å². The van der Waals surface area contributed by atoms with Gasteiger partial charge in [0.05, 0.1) is 21.1 Å². The van der Waals surface area contributed by atoms with Gasteiger partial charge in [0.25, 0.3) is 21.6 Å². The lowest BCUT2D eigenvalue weighted by molar-refractivity contribution is -0.384. The van der Waals surface area contributed by atoms with Crippen molar-refractivity contribution in [3.63, 3.8) is 0 Å². The van der Waals surface area contributed by atoms with Gasteiger partial charge in [-0.1, -0.05) is 25.5 Å². The number of carbonyl (C=O) groups is 1. The first-order chi connectivity index (χ1) is 12.3. The highest BCUT2D eigenvalue weighted by atomic mass is 32.2. The zero-order chi connectivity index (χ0) is 19.2. The number of nitro benzene ring substituents is 1. The molecule has 9 heteroatoms. The van der Waals surface area contributed by atoms with Crippen LogP contribution in [0.1, 0.15) is 30.1 Å². The zero-order valence-corrected chi connectivity index (χ0v) is 15.0. The summed E-state index contributed by atoms with van der Waals surface area (Å²) >= 11 is 0. The Balaban J connectivity index is 2.24. The molecule has 2 rings (SSSR count). The molecule has 0 spiro atoms. The summed E-state index contributed by atoms with van der Waals surface area (Å²) in [5.74, 6) is -0.375. The van der Waals surface area contributed by atoms with Crippen molar-refractivity contribution < 1.29 is 18.1 Å². The van der Waals surface area contributed by atoms with Crippen molar-refractivity contribution in [1.82, 2.24) is 5.32 Å². The lowest BCUT2D eigenvalue weighted by Crippen LogP contribution is -2.26. The Hall–Kier alpha value is -2.94. The van der Waals surface area contributed by atoms with E-state index in [2.05, 4.69) is 10.0 Å². The number of benzene rings is 2. The minimum Gasteiger partial charge on any atom is -0.352 e. The molecule has 0 fully saturated rings. The van der Waals surface area contributed by atoms with Crippen LogP contribution in [0.5, 0.6) is 0 Å². The second-order valence-electron chi connectivity index (χ2n) is 5.51. The van der Waals surface area contributed by atoms with Crippen LogP contribution >= 0.6 is 0 Å². The molecular formula is C17H19N3O5S. The monoisotopic (exact) mass is 377 g/mol. The Bertz CT molecular complexity index is 895. The molecule has 2 N–H and O–H groups in total. The minimum atomic E-state index is -3.99. The average molecular weight is 377 g/mol. The summed E-state index contributed by atoms with van der Waals surface area (Å²) in [6.45, 7) is 2.50. The molecule has 1 amide bonds. The Kier molecular flexibility index (Phi) is 6.29. The number of nitro groups is 1. The zero-order valence-electron chi connectivity index (χ0n) is 14.1. The normalized spacial score (nSPS) is 11.0. The Morgan fingerprint density at radius 2 is 1.77 bits per heavy atom. The van der Waals surface area contributed by atoms with Crippen LogP contribution in [-0.4, -0.2) is 25.8 Å². The lowest BCUT2D eigenvalue weighted by atomic mass is 10.1. The molecule has 2 aromatic rings. The molecule has 0 aliphatic heterocycles. The van der Waals surface area contributed by atoms with Crippen molar-refractivity contribution >= 4 is 27.3 Å². The number of non-ortho nitro benzene ring substituents is 1. The van der Waals surface area contributed by atoms with Crippen molar-refractivity contribution in [1.29, 1.82) is 0 Å². The summed E-state index contributed by atoms with van der Waals surface area (Å²) < 4.78 is 27.4. The highest BCUT2D eigenvalue weighted by Gasteiger charge is 2.19. The molecule has 0 aliphatic carbocycles. The van der Waals surface area contributed by atoms with E-state index >= 15 is 0 Å². The first-order valence-electron chi connectivity index (χ1n) is 7.99. The summed E-state index contributed by atoms with van der Waals surface area (Å²) in [6, 6.07) is 10.8. The Morgan fingerprint density at radius 3 is 2.38 bits per heavy atom. The fourth-order valence-electron chi connectivity index (χ4n) is 2.19. The molecule has 26 heavy (non-hydrogen) atoms. The quantitative estimate of drug-likeness (QED) is 0.416. The molecular weight excluding hydrogens is 358 g/mol. The number of hydrogen-bond acceptors (Lipinski definition) is 5. The summed E-state index contributed by atoms with van der Waals surface area (Å²) in [5, 5.41) is 13.4. The van der Waals surface area contributed by atoms with E-state index in [0.29, 0.717) is 6.54 Å². The third-order valence-corrected chi connectivity index (χ3v) is 4.97. The Labute approximate surface area is 151 Å². The number of anilines is 1. The van der Waals surface area contributed by atoms with Crippen LogP contribution in [0, 0.1) is 10.1 Å². The van der Waals surface area contributed by atoms with Gasteiger partial charge in [0.2, 0.25) is 0 Å². The van der Waals surface area contributed by atoms with E-state index in [9.17, 15) is 23.3 Å². The first kappa shape index (κ1) is 19.4. The smallest absolute Gasteiger partial charge is 0.269 e. The number of unbranched alkanes of at least 4 members (excludes halogenated alkanes) is 1. The van der Waals surface area contributed by atoms with Crippen molar-refractivity contribution in [2.45, 2.75) is 24.7 Å². The molecule has 0 aliphatic rings. The van der Waals surface area contributed by atoms with Crippen molar-refractivity contribution in [2.24, 2.45) is 0 Å². The van der Waals surface area contributed by atoms with E-state index in [1.165, 1.54) is 12.1 Å². The van der Waals surface area contributed by atoms with Gasteiger partial charge in [-0.15, -0.1) is 0 Å². The second-order valence-corrected chi connectivity index (χ2v) is 7.19. The maximum atomic E-state index is 12.5. The van der Waals surface area contributed by atoms with Gasteiger partial charge < -0.3 is 5.32 Å². The molecule has 0 radical (unpaired) electrons. The average Bonchev–Trinajstić information content (AvgIpc) is 2.62. The fraction of sp³-hybridized carbons (Fsp3) is 0.235. The van der Waals surface area contributed by atoms with Gasteiger partial charge >= 0.3 is 0 Å². The van der Waals surface area contributed by atoms with Crippen LogP contribution < -0.4 is 10.0 Å². The molecule has 2 aromatic carbocycles. The molecule has 0 saturated heterocycles. The van der Waals surface area contributed by atoms with Gasteiger partial charge in [0, 0.05) is 18.7 Å². The standard InChI is InChI=1S/C17H19N3O5S/c1-2-3-12-18-17(21)15-6-4-5-7-16(15)19-26(24,25)14-10-8-13(9-11-14)20(22)23/h4-11,19H,2-3,12H2,1H3,(H,18,21). The summed E-state index contributed by atoms with van der Waals surface area (Å²) in [7, 11) is -3.99. The number of nitrogens with zero attached hydrogens (tertiary/aromatic N) is 1. The van der Waals surface area contributed by atoms with E-state index in [1.807, 2.05) is 6.92 Å². The maximum absolute atomic E-state index is 12.5. The molecule has 0 saturated carbocycles. The molecule has 0 heterocycles. The van der Waals surface area contributed by atoms with Gasteiger partial charge in [0.15, 0.2) is 0 Å². The number of nitrogens with one attached hydrogen (secondary N) is 2. The van der Waals surface area contributed by atoms with Gasteiger partial charge in [-0.05, 0) is 30.7 Å². The topological polar surface area (TPSA) is 118 Å². The number of hydrogen-bond donors (Lipinski definition) is 2. The van der Waals surface area contributed by atoms with Crippen molar-refractivity contribution in [2.75, 3.05) is 11.3 Å². The molecule has 0 aromatic heterocycles. The predicted octanol–water partition coefficient (Wildman–Crippen LogP) is 2.93. The molecule has 0 atom stereocenters. The Morgan fingerprint density at radius 1 is 1.12 bits per heavy atom. The number of amides is 1. The van der Waals surface area contributed by atoms with Crippen LogP contribution in [0.3, 0.4) is 0 Å². The minimum absolute atomic E-state index is 0.135. The van der Waals surface area contributed by atoms with E-state index in [4.69, 9.17) is 0 Å². The van der Waals surface area contributed by atoms with Crippen LogP contribution in [0.25, 0.3) is 0 Å². The third kappa shape index (κ3) is 4.79. The second kappa shape index (κ2) is 8.43. The van der Waals surface area contributed by atoms with Crippen LogP contribution in [0.15, 0.2) is 53.4 Å². The van der Waals surface area contributed by atoms with Gasteiger partial charge in [-0.2, -0.15) is 0 Å². The summed E-state index contributed by atoms with van der Waals surface area (Å²) in [4.78, 5) is 22.2. The molecule has 0 bridgehead atoms. The fourth-order valence-corrected chi connectivity index (χ4v) is 3.27. The van der Waals surface area contributed by atoms with E-state index in [0.717, 1.165) is 37.1 Å². The van der Waals surface area contributed by atoms with Gasteiger partial charge in [-0.25, -0.2) is 8.42 Å². The van der Waals surface area contributed by atoms with Gasteiger partial charge in [-0.3, -0.25) is 19.6 Å². The highest BCUT2D eigenvalue weighted by Crippen LogP contribution is 2.22. The number of carbonyl (C=O) groups excluding carboxylic acids is 1. The van der Waals surface area contributed by atoms with Crippen molar-refractivity contribution in [3.05, 3.63) is 64.2 Å². The largest absolute Gasteiger partial charge is 0.352 e. The summed E-state index contributed by atoms with van der Waals surface area (Å²) in [6.07, 6.45) is 1.75. The van der Waals surface area contributed by atoms with Crippen LogP contribution in [-0.2, 0) is 10.0 Å². The number of rotatable bonds is 8. The van der Waals surface area contributed by atoms with E-state index in [1.54, 1.807) is 12.1 Å². The first-order valence-corrected chi connectivity index (χ1v) is 9.48. The van der Waals surface area contributed by atoms with E-state index in [-0.39, 0.29) is 27.7 Å². The summed E-state index contributed by atoms with van der Waals surface area (Å²) in [5.41, 5.74) is 0.133. The van der Waals surface area contributed by atoms with Crippen molar-refractivity contribution in [3.8, 4) is 0 Å². The number of sulfonamides is 1. The SMILES string of the molecule is CCCCNC(=O)c1ccccc1NS(=O)(=O)c1ccc([N+](=O)[O-])cc1. The molecule has 8 nitrogen and oxygen atoms in total. The third-order valence-electron chi connectivity index (χ3n) is 3.59.